The molecule has 0 aromatic heterocycles. The first kappa shape index (κ1) is 12.1. The fourth-order valence-electron chi connectivity index (χ4n) is 0.492. The normalized spacial score (nSPS) is 11.3. The number of rotatable bonds is 5. The van der Waals surface area contributed by atoms with E-state index in [4.69, 9.17) is 9.84 Å². The maximum atomic E-state index is 11.3. The lowest BCUT2D eigenvalue weighted by Gasteiger charge is -2.22. The van der Waals surface area contributed by atoms with E-state index in [1.54, 1.807) is 6.92 Å². The summed E-state index contributed by atoms with van der Waals surface area (Å²) in [6, 6.07) is 0. The van der Waals surface area contributed by atoms with Gasteiger partial charge in [0.25, 0.3) is 0 Å². The maximum Gasteiger partial charge on any atom is 0.313 e. The van der Waals surface area contributed by atoms with E-state index in [0.717, 1.165) is 0 Å². The van der Waals surface area contributed by atoms with Crippen molar-refractivity contribution in [3.63, 3.8) is 0 Å². The van der Waals surface area contributed by atoms with Crippen LogP contribution in [0.1, 0.15) is 6.92 Å². The summed E-state index contributed by atoms with van der Waals surface area (Å²) < 4.78 is 4.75. The van der Waals surface area contributed by atoms with Gasteiger partial charge in [0.1, 0.15) is 6.61 Å². The Balaban J connectivity index is 4.03. The summed E-state index contributed by atoms with van der Waals surface area (Å²) in [6.07, 6.45) is 0. The molecule has 0 heterocycles. The monoisotopic (exact) mass is 210 g/mol. The number of thiol groups is 2. The molecule has 0 radical (unpaired) electrons. The number of aliphatic hydroxyl groups is 1. The lowest BCUT2D eigenvalue weighted by molar-refractivity contribution is -0.153. The van der Waals surface area contributed by atoms with Gasteiger partial charge in [0.15, 0.2) is 0 Å². The van der Waals surface area contributed by atoms with Crippen LogP contribution >= 0.6 is 25.3 Å². The molecular formula is C7H14O3S2. The molecule has 0 atom stereocenters. The molecule has 0 aliphatic heterocycles. The Kier molecular flexibility index (Phi) is 5.78. The molecule has 0 aromatic rings. The first-order chi connectivity index (χ1) is 5.60. The van der Waals surface area contributed by atoms with E-state index in [9.17, 15) is 4.79 Å². The quantitative estimate of drug-likeness (QED) is 0.454. The highest BCUT2D eigenvalue weighted by Gasteiger charge is 2.31. The zero-order valence-electron chi connectivity index (χ0n) is 6.99. The molecule has 0 saturated heterocycles. The molecule has 0 aliphatic carbocycles. The molecule has 72 valence electrons. The summed E-state index contributed by atoms with van der Waals surface area (Å²) in [5.74, 6) is 0.420. The highest BCUT2D eigenvalue weighted by atomic mass is 32.1. The van der Waals surface area contributed by atoms with Crippen molar-refractivity contribution >= 4 is 31.2 Å². The van der Waals surface area contributed by atoms with Gasteiger partial charge in [-0.05, 0) is 6.92 Å². The van der Waals surface area contributed by atoms with Crippen molar-refractivity contribution < 1.29 is 14.6 Å². The second kappa shape index (κ2) is 5.72. The highest BCUT2D eigenvalue weighted by molar-refractivity contribution is 7.81. The van der Waals surface area contributed by atoms with E-state index < -0.39 is 5.41 Å². The Labute approximate surface area is 83.3 Å². The van der Waals surface area contributed by atoms with Crippen molar-refractivity contribution in [2.24, 2.45) is 5.41 Å². The fourth-order valence-corrected chi connectivity index (χ4v) is 1.15. The van der Waals surface area contributed by atoms with Crippen molar-refractivity contribution in [3.05, 3.63) is 0 Å². The molecule has 0 amide bonds. The third-order valence-electron chi connectivity index (χ3n) is 1.52. The van der Waals surface area contributed by atoms with Gasteiger partial charge in [-0.3, -0.25) is 4.79 Å². The predicted octanol–water partition coefficient (Wildman–Crippen LogP) is 0.388. The number of hydrogen-bond acceptors (Lipinski definition) is 5. The molecule has 5 heteroatoms. The minimum absolute atomic E-state index is 0.0377. The lowest BCUT2D eigenvalue weighted by Crippen LogP contribution is -2.34. The molecule has 0 aliphatic rings. The van der Waals surface area contributed by atoms with E-state index in [0.29, 0.717) is 11.5 Å². The van der Waals surface area contributed by atoms with Gasteiger partial charge < -0.3 is 9.84 Å². The smallest absolute Gasteiger partial charge is 0.313 e. The van der Waals surface area contributed by atoms with E-state index in [1.165, 1.54) is 0 Å². The Morgan fingerprint density at radius 1 is 1.50 bits per heavy atom. The van der Waals surface area contributed by atoms with Gasteiger partial charge in [-0.15, -0.1) is 0 Å². The van der Waals surface area contributed by atoms with Crippen LogP contribution in [0.15, 0.2) is 0 Å². The number of carbonyl (C=O) groups is 1. The predicted molar refractivity (Wildman–Crippen MR) is 53.9 cm³/mol. The first-order valence-electron chi connectivity index (χ1n) is 3.60. The van der Waals surface area contributed by atoms with Crippen LogP contribution in [0.3, 0.4) is 0 Å². The van der Waals surface area contributed by atoms with Gasteiger partial charge in [0, 0.05) is 11.5 Å². The number of esters is 1. The average molecular weight is 210 g/mol. The molecule has 0 saturated carbocycles. The van der Waals surface area contributed by atoms with Crippen LogP contribution in [0, 0.1) is 5.41 Å². The Morgan fingerprint density at radius 3 is 2.33 bits per heavy atom. The van der Waals surface area contributed by atoms with Crippen molar-refractivity contribution in [2.75, 3.05) is 24.7 Å². The molecule has 0 unspecified atom stereocenters. The van der Waals surface area contributed by atoms with E-state index >= 15 is 0 Å². The van der Waals surface area contributed by atoms with E-state index in [2.05, 4.69) is 25.3 Å². The van der Waals surface area contributed by atoms with Crippen LogP contribution < -0.4 is 0 Å². The minimum Gasteiger partial charge on any atom is -0.463 e. The van der Waals surface area contributed by atoms with Crippen LogP contribution in [-0.4, -0.2) is 35.8 Å². The van der Waals surface area contributed by atoms with Gasteiger partial charge in [-0.25, -0.2) is 0 Å². The number of ether oxygens (including phenoxy) is 1. The van der Waals surface area contributed by atoms with Crippen LogP contribution in [0.4, 0.5) is 0 Å². The summed E-state index contributed by atoms with van der Waals surface area (Å²) in [7, 11) is 0. The summed E-state index contributed by atoms with van der Waals surface area (Å²) in [5.41, 5.74) is -0.651. The Bertz CT molecular complexity index is 146. The summed E-state index contributed by atoms with van der Waals surface area (Å²) >= 11 is 8.06. The standard InChI is InChI=1S/C7H14O3S2/c1-7(4-11,5-12)6(9)10-3-2-8/h8,11-12H,2-5H2,1H3. The molecular weight excluding hydrogens is 196 g/mol. The summed E-state index contributed by atoms with van der Waals surface area (Å²) in [4.78, 5) is 11.3. The number of hydrogen-bond donors (Lipinski definition) is 3. The van der Waals surface area contributed by atoms with Gasteiger partial charge in [0.2, 0.25) is 0 Å². The van der Waals surface area contributed by atoms with Gasteiger partial charge in [-0.1, -0.05) is 0 Å². The second-order valence-corrected chi connectivity index (χ2v) is 3.37. The lowest BCUT2D eigenvalue weighted by atomic mass is 9.96. The molecule has 0 fully saturated rings. The van der Waals surface area contributed by atoms with Crippen molar-refractivity contribution in [3.8, 4) is 0 Å². The van der Waals surface area contributed by atoms with E-state index in [1.807, 2.05) is 0 Å². The topological polar surface area (TPSA) is 46.5 Å². The van der Waals surface area contributed by atoms with Crippen molar-refractivity contribution in [1.82, 2.24) is 0 Å². The van der Waals surface area contributed by atoms with Crippen LogP contribution in [0.5, 0.6) is 0 Å². The van der Waals surface area contributed by atoms with Crippen molar-refractivity contribution in [1.29, 1.82) is 0 Å². The maximum absolute atomic E-state index is 11.3. The minimum atomic E-state index is -0.651. The van der Waals surface area contributed by atoms with Gasteiger partial charge in [-0.2, -0.15) is 25.3 Å². The molecule has 0 bridgehead atoms. The van der Waals surface area contributed by atoms with Crippen LogP contribution in [-0.2, 0) is 9.53 Å². The zero-order chi connectivity index (χ0) is 9.61. The SMILES string of the molecule is CC(CS)(CS)C(=O)OCCO. The fraction of sp³-hybridized carbons (Fsp3) is 0.857. The van der Waals surface area contributed by atoms with E-state index in [-0.39, 0.29) is 19.2 Å². The Morgan fingerprint density at radius 2 is 2.00 bits per heavy atom. The molecule has 0 spiro atoms. The first-order valence-corrected chi connectivity index (χ1v) is 4.87. The highest BCUT2D eigenvalue weighted by Crippen LogP contribution is 2.21. The number of aliphatic hydroxyl groups excluding tert-OH is 1. The van der Waals surface area contributed by atoms with Crippen LogP contribution in [0.2, 0.25) is 0 Å². The second-order valence-electron chi connectivity index (χ2n) is 2.74. The largest absolute Gasteiger partial charge is 0.463 e. The van der Waals surface area contributed by atoms with Crippen LogP contribution in [0.25, 0.3) is 0 Å². The summed E-state index contributed by atoms with van der Waals surface area (Å²) in [5, 5.41) is 8.41. The molecule has 0 rings (SSSR count). The number of carbonyl (C=O) groups excluding carboxylic acids is 1. The third kappa shape index (κ3) is 3.25. The molecule has 3 nitrogen and oxygen atoms in total. The molecule has 12 heavy (non-hydrogen) atoms. The van der Waals surface area contributed by atoms with Crippen molar-refractivity contribution in [2.45, 2.75) is 6.92 Å². The average Bonchev–Trinajstić information content (AvgIpc) is 2.12. The zero-order valence-corrected chi connectivity index (χ0v) is 8.78. The Hall–Kier alpha value is 0.130. The summed E-state index contributed by atoms with van der Waals surface area (Å²) in [6.45, 7) is 1.61. The van der Waals surface area contributed by atoms with Gasteiger partial charge >= 0.3 is 5.97 Å². The molecule has 1 N–H and O–H groups in total. The third-order valence-corrected chi connectivity index (χ3v) is 2.91. The van der Waals surface area contributed by atoms with Gasteiger partial charge in [0.05, 0.1) is 12.0 Å². The molecule has 0 aromatic carbocycles.